The highest BCUT2D eigenvalue weighted by atomic mass is 16.5. The topological polar surface area (TPSA) is 24.5 Å². The Labute approximate surface area is 94.2 Å². The van der Waals surface area contributed by atoms with Crippen LogP contribution in [0.25, 0.3) is 0 Å². The van der Waals surface area contributed by atoms with Crippen LogP contribution in [0.1, 0.15) is 33.1 Å². The molecule has 3 heteroatoms. The Balaban J connectivity index is 1.95. The lowest BCUT2D eigenvalue weighted by Crippen LogP contribution is -2.44. The zero-order chi connectivity index (χ0) is 11.1. The summed E-state index contributed by atoms with van der Waals surface area (Å²) in [6, 6.07) is 0.697. The van der Waals surface area contributed by atoms with Crippen molar-refractivity contribution in [3.8, 4) is 0 Å². The van der Waals surface area contributed by atoms with E-state index in [0.29, 0.717) is 12.1 Å². The van der Waals surface area contributed by atoms with Crippen LogP contribution in [0, 0.1) is 0 Å². The van der Waals surface area contributed by atoms with Crippen molar-refractivity contribution in [3.63, 3.8) is 0 Å². The molecule has 1 rings (SSSR count). The molecule has 0 radical (unpaired) electrons. The highest BCUT2D eigenvalue weighted by molar-refractivity contribution is 4.75. The lowest BCUT2D eigenvalue weighted by Gasteiger charge is -2.30. The second-order valence-corrected chi connectivity index (χ2v) is 4.83. The van der Waals surface area contributed by atoms with Gasteiger partial charge in [0, 0.05) is 19.2 Å². The maximum atomic E-state index is 5.50. The highest BCUT2D eigenvalue weighted by Gasteiger charge is 2.15. The van der Waals surface area contributed by atoms with Crippen LogP contribution >= 0.6 is 0 Å². The fourth-order valence-electron chi connectivity index (χ4n) is 2.03. The monoisotopic (exact) mass is 214 g/mol. The van der Waals surface area contributed by atoms with Gasteiger partial charge in [0.2, 0.25) is 0 Å². The molecule has 0 saturated carbocycles. The van der Waals surface area contributed by atoms with Crippen LogP contribution in [-0.4, -0.2) is 50.3 Å². The van der Waals surface area contributed by atoms with Crippen molar-refractivity contribution in [1.29, 1.82) is 0 Å². The van der Waals surface area contributed by atoms with Gasteiger partial charge < -0.3 is 15.0 Å². The quantitative estimate of drug-likeness (QED) is 0.678. The third kappa shape index (κ3) is 6.13. The average molecular weight is 214 g/mol. The summed E-state index contributed by atoms with van der Waals surface area (Å²) < 4.78 is 5.50. The van der Waals surface area contributed by atoms with Gasteiger partial charge in [-0.3, -0.25) is 0 Å². The lowest BCUT2D eigenvalue weighted by atomic mass is 10.1. The van der Waals surface area contributed by atoms with E-state index in [1.54, 1.807) is 0 Å². The number of nitrogens with zero attached hydrogens (tertiary/aromatic N) is 1. The van der Waals surface area contributed by atoms with Crippen LogP contribution in [0.3, 0.4) is 0 Å². The SMILES string of the molecule is CC(C)OCCCNC1CCCN(C)C1. The van der Waals surface area contributed by atoms with Gasteiger partial charge in [-0.25, -0.2) is 0 Å². The first-order chi connectivity index (χ1) is 7.18. The molecule has 1 heterocycles. The summed E-state index contributed by atoms with van der Waals surface area (Å²) in [5.74, 6) is 0. The number of likely N-dealkylation sites (N-methyl/N-ethyl adjacent to an activating group) is 1. The molecule has 1 atom stereocenters. The summed E-state index contributed by atoms with van der Waals surface area (Å²) in [6.07, 6.45) is 4.15. The highest BCUT2D eigenvalue weighted by Crippen LogP contribution is 2.07. The molecule has 0 aromatic rings. The van der Waals surface area contributed by atoms with Gasteiger partial charge in [-0.1, -0.05) is 0 Å². The van der Waals surface area contributed by atoms with Gasteiger partial charge in [-0.15, -0.1) is 0 Å². The predicted octanol–water partition coefficient (Wildman–Crippen LogP) is 1.49. The van der Waals surface area contributed by atoms with E-state index < -0.39 is 0 Å². The number of ether oxygens (including phenoxy) is 1. The van der Waals surface area contributed by atoms with E-state index in [9.17, 15) is 0 Å². The Bertz CT molecular complexity index is 162. The summed E-state index contributed by atoms with van der Waals surface area (Å²) in [5, 5.41) is 3.60. The molecule has 0 aromatic heterocycles. The third-order valence-corrected chi connectivity index (χ3v) is 2.83. The summed E-state index contributed by atoms with van der Waals surface area (Å²) >= 11 is 0. The van der Waals surface area contributed by atoms with E-state index in [1.165, 1.54) is 25.9 Å². The van der Waals surface area contributed by atoms with Crippen molar-refractivity contribution in [2.24, 2.45) is 0 Å². The normalized spacial score (nSPS) is 23.6. The zero-order valence-corrected chi connectivity index (χ0v) is 10.5. The standard InChI is InChI=1S/C12H26N2O/c1-11(2)15-9-5-7-13-12-6-4-8-14(3)10-12/h11-13H,4-10H2,1-3H3. The van der Waals surface area contributed by atoms with Crippen LogP contribution in [-0.2, 0) is 4.74 Å². The molecule has 0 aromatic carbocycles. The maximum absolute atomic E-state index is 5.50. The summed E-state index contributed by atoms with van der Waals surface area (Å²) in [4.78, 5) is 2.41. The average Bonchev–Trinajstić information content (AvgIpc) is 2.17. The van der Waals surface area contributed by atoms with Crippen LogP contribution in [0.4, 0.5) is 0 Å². The molecule has 15 heavy (non-hydrogen) atoms. The Morgan fingerprint density at radius 2 is 2.27 bits per heavy atom. The Morgan fingerprint density at radius 1 is 1.47 bits per heavy atom. The molecule has 1 aliphatic rings. The van der Waals surface area contributed by atoms with Gasteiger partial charge in [0.05, 0.1) is 6.10 Å². The number of hydrogen-bond donors (Lipinski definition) is 1. The number of rotatable bonds is 6. The zero-order valence-electron chi connectivity index (χ0n) is 10.5. The van der Waals surface area contributed by atoms with Gasteiger partial charge in [0.15, 0.2) is 0 Å². The Kier molecular flexibility index (Phi) is 6.22. The molecule has 0 aliphatic carbocycles. The van der Waals surface area contributed by atoms with E-state index >= 15 is 0 Å². The first kappa shape index (κ1) is 12.9. The van der Waals surface area contributed by atoms with Crippen molar-refractivity contribution >= 4 is 0 Å². The van der Waals surface area contributed by atoms with Gasteiger partial charge in [-0.2, -0.15) is 0 Å². The van der Waals surface area contributed by atoms with Gasteiger partial charge in [-0.05, 0) is 53.2 Å². The minimum Gasteiger partial charge on any atom is -0.379 e. The van der Waals surface area contributed by atoms with Gasteiger partial charge in [0.1, 0.15) is 0 Å². The number of piperidine rings is 1. The molecule has 90 valence electrons. The Hall–Kier alpha value is -0.120. The van der Waals surface area contributed by atoms with E-state index in [0.717, 1.165) is 19.6 Å². The third-order valence-electron chi connectivity index (χ3n) is 2.83. The van der Waals surface area contributed by atoms with E-state index in [1.807, 2.05) is 0 Å². The number of nitrogens with one attached hydrogen (secondary N) is 1. The lowest BCUT2D eigenvalue weighted by molar-refractivity contribution is 0.0761. The molecular formula is C12H26N2O. The van der Waals surface area contributed by atoms with Crippen molar-refractivity contribution in [1.82, 2.24) is 10.2 Å². The van der Waals surface area contributed by atoms with Crippen molar-refractivity contribution in [2.45, 2.75) is 45.3 Å². The molecule has 1 aliphatic heterocycles. The number of likely N-dealkylation sites (tertiary alicyclic amines) is 1. The second kappa shape index (κ2) is 7.20. The first-order valence-electron chi connectivity index (χ1n) is 6.22. The van der Waals surface area contributed by atoms with Crippen molar-refractivity contribution < 1.29 is 4.74 Å². The van der Waals surface area contributed by atoms with Gasteiger partial charge in [0.25, 0.3) is 0 Å². The Morgan fingerprint density at radius 3 is 2.93 bits per heavy atom. The molecule has 0 amide bonds. The largest absolute Gasteiger partial charge is 0.379 e. The summed E-state index contributed by atoms with van der Waals surface area (Å²) in [7, 11) is 2.20. The smallest absolute Gasteiger partial charge is 0.0518 e. The fourth-order valence-corrected chi connectivity index (χ4v) is 2.03. The van der Waals surface area contributed by atoms with E-state index in [4.69, 9.17) is 4.74 Å². The fraction of sp³-hybridized carbons (Fsp3) is 1.00. The summed E-state index contributed by atoms with van der Waals surface area (Å²) in [6.45, 7) is 8.60. The van der Waals surface area contributed by atoms with Gasteiger partial charge >= 0.3 is 0 Å². The van der Waals surface area contributed by atoms with Crippen molar-refractivity contribution in [2.75, 3.05) is 33.3 Å². The predicted molar refractivity (Wildman–Crippen MR) is 64.2 cm³/mol. The second-order valence-electron chi connectivity index (χ2n) is 4.83. The molecule has 1 unspecified atom stereocenters. The molecule has 1 fully saturated rings. The molecule has 0 spiro atoms. The van der Waals surface area contributed by atoms with Crippen LogP contribution in [0.5, 0.6) is 0 Å². The minimum absolute atomic E-state index is 0.366. The first-order valence-corrected chi connectivity index (χ1v) is 6.22. The molecule has 1 saturated heterocycles. The molecular weight excluding hydrogens is 188 g/mol. The maximum Gasteiger partial charge on any atom is 0.0518 e. The van der Waals surface area contributed by atoms with E-state index in [-0.39, 0.29) is 0 Å². The molecule has 1 N–H and O–H groups in total. The van der Waals surface area contributed by atoms with Crippen LogP contribution < -0.4 is 5.32 Å². The summed E-state index contributed by atoms with van der Waals surface area (Å²) in [5.41, 5.74) is 0. The van der Waals surface area contributed by atoms with Crippen molar-refractivity contribution in [3.05, 3.63) is 0 Å². The minimum atomic E-state index is 0.366. The number of hydrogen-bond acceptors (Lipinski definition) is 3. The molecule has 3 nitrogen and oxygen atoms in total. The van der Waals surface area contributed by atoms with E-state index in [2.05, 4.69) is 31.1 Å². The van der Waals surface area contributed by atoms with Crippen LogP contribution in [0.15, 0.2) is 0 Å². The van der Waals surface area contributed by atoms with Crippen LogP contribution in [0.2, 0.25) is 0 Å². The molecule has 0 bridgehead atoms.